The van der Waals surface area contributed by atoms with Crippen LogP contribution in [0.4, 0.5) is 0 Å². The van der Waals surface area contributed by atoms with Gasteiger partial charge in [0.25, 0.3) is 5.91 Å². The molecule has 6 heteroatoms. The lowest BCUT2D eigenvalue weighted by Gasteiger charge is -2.28. The predicted molar refractivity (Wildman–Crippen MR) is 72.9 cm³/mol. The number of nitrogens with zero attached hydrogens (tertiary/aromatic N) is 2. The van der Waals surface area contributed by atoms with Crippen molar-refractivity contribution in [2.75, 3.05) is 6.54 Å². The van der Waals surface area contributed by atoms with E-state index in [9.17, 15) is 4.79 Å². The Labute approximate surface area is 114 Å². The fourth-order valence-corrected chi connectivity index (χ4v) is 2.41. The molecule has 0 aromatic carbocycles. The highest BCUT2D eigenvalue weighted by molar-refractivity contribution is 5.93. The maximum atomic E-state index is 12.1. The molecule has 3 N–H and O–H groups in total. The maximum absolute atomic E-state index is 12.1. The first-order valence-corrected chi connectivity index (χ1v) is 6.09. The molecule has 0 atom stereocenters. The van der Waals surface area contributed by atoms with Gasteiger partial charge in [0, 0.05) is 19.3 Å². The van der Waals surface area contributed by atoms with E-state index in [0.29, 0.717) is 12.2 Å². The number of rotatable bonds is 3. The third-order valence-electron chi connectivity index (χ3n) is 3.68. The number of hydrogen-bond donors (Lipinski definition) is 2. The van der Waals surface area contributed by atoms with Gasteiger partial charge in [-0.05, 0) is 25.8 Å². The number of aromatic nitrogens is 2. The SMILES string of the molecule is Cc1cc(C(=O)NC2(CN)CCCC2)nn1C.Cl. The van der Waals surface area contributed by atoms with Crippen LogP contribution in [0.5, 0.6) is 0 Å². The van der Waals surface area contributed by atoms with E-state index >= 15 is 0 Å². The molecule has 1 heterocycles. The Kier molecular flexibility index (Phi) is 4.76. The molecule has 102 valence electrons. The van der Waals surface area contributed by atoms with Crippen molar-refractivity contribution in [3.63, 3.8) is 0 Å². The number of carbonyl (C=O) groups excluding carboxylic acids is 1. The van der Waals surface area contributed by atoms with E-state index < -0.39 is 0 Å². The van der Waals surface area contributed by atoms with E-state index in [1.54, 1.807) is 10.7 Å². The highest BCUT2D eigenvalue weighted by Crippen LogP contribution is 2.28. The molecule has 1 amide bonds. The fourth-order valence-electron chi connectivity index (χ4n) is 2.41. The van der Waals surface area contributed by atoms with Gasteiger partial charge in [0.15, 0.2) is 0 Å². The molecule has 0 aliphatic heterocycles. The van der Waals surface area contributed by atoms with E-state index in [4.69, 9.17) is 5.73 Å². The average molecular weight is 273 g/mol. The van der Waals surface area contributed by atoms with Crippen LogP contribution in [-0.4, -0.2) is 27.8 Å². The summed E-state index contributed by atoms with van der Waals surface area (Å²) in [5.41, 5.74) is 7.04. The second-order valence-corrected chi connectivity index (χ2v) is 4.94. The standard InChI is InChI=1S/C12H20N4O.ClH/c1-9-7-10(15-16(9)2)11(17)14-12(8-13)5-3-4-6-12;/h7H,3-6,8,13H2,1-2H3,(H,14,17);1H. The quantitative estimate of drug-likeness (QED) is 0.867. The van der Waals surface area contributed by atoms with Crippen LogP contribution in [-0.2, 0) is 7.05 Å². The summed E-state index contributed by atoms with van der Waals surface area (Å²) < 4.78 is 1.71. The van der Waals surface area contributed by atoms with Gasteiger partial charge in [-0.1, -0.05) is 12.8 Å². The fraction of sp³-hybridized carbons (Fsp3) is 0.667. The van der Waals surface area contributed by atoms with Gasteiger partial charge in [-0.15, -0.1) is 12.4 Å². The minimum atomic E-state index is -0.206. The molecule has 2 rings (SSSR count). The Morgan fingerprint density at radius 1 is 1.56 bits per heavy atom. The van der Waals surface area contributed by atoms with E-state index in [0.717, 1.165) is 31.4 Å². The van der Waals surface area contributed by atoms with Crippen molar-refractivity contribution in [3.05, 3.63) is 17.5 Å². The molecule has 1 aliphatic rings. The van der Waals surface area contributed by atoms with Gasteiger partial charge >= 0.3 is 0 Å². The van der Waals surface area contributed by atoms with Crippen LogP contribution in [0.1, 0.15) is 41.9 Å². The van der Waals surface area contributed by atoms with Gasteiger partial charge in [0.05, 0.1) is 5.54 Å². The Morgan fingerprint density at radius 2 is 2.17 bits per heavy atom. The summed E-state index contributed by atoms with van der Waals surface area (Å²) in [5, 5.41) is 7.24. The summed E-state index contributed by atoms with van der Waals surface area (Å²) >= 11 is 0. The summed E-state index contributed by atoms with van der Waals surface area (Å²) in [4.78, 5) is 12.1. The van der Waals surface area contributed by atoms with E-state index in [-0.39, 0.29) is 23.9 Å². The monoisotopic (exact) mass is 272 g/mol. The van der Waals surface area contributed by atoms with Crippen molar-refractivity contribution < 1.29 is 4.79 Å². The van der Waals surface area contributed by atoms with Crippen LogP contribution in [0.2, 0.25) is 0 Å². The van der Waals surface area contributed by atoms with Gasteiger partial charge in [-0.2, -0.15) is 5.10 Å². The number of amides is 1. The van der Waals surface area contributed by atoms with Gasteiger partial charge in [0.1, 0.15) is 5.69 Å². The molecule has 1 fully saturated rings. The molecule has 1 aromatic heterocycles. The molecule has 18 heavy (non-hydrogen) atoms. The Hall–Kier alpha value is -1.07. The normalized spacial score (nSPS) is 17.3. The summed E-state index contributed by atoms with van der Waals surface area (Å²) in [5.74, 6) is -0.110. The number of hydrogen-bond acceptors (Lipinski definition) is 3. The smallest absolute Gasteiger partial charge is 0.272 e. The van der Waals surface area contributed by atoms with Gasteiger partial charge in [-0.25, -0.2) is 0 Å². The first kappa shape index (κ1) is 15.0. The lowest BCUT2D eigenvalue weighted by molar-refractivity contribution is 0.0897. The zero-order valence-electron chi connectivity index (χ0n) is 10.9. The Balaban J connectivity index is 0.00000162. The lowest BCUT2D eigenvalue weighted by Crippen LogP contribution is -2.51. The zero-order chi connectivity index (χ0) is 12.5. The molecular weight excluding hydrogens is 252 g/mol. The van der Waals surface area contributed by atoms with Crippen LogP contribution >= 0.6 is 12.4 Å². The second kappa shape index (κ2) is 5.71. The molecule has 0 spiro atoms. The largest absolute Gasteiger partial charge is 0.344 e. The summed E-state index contributed by atoms with van der Waals surface area (Å²) in [6, 6.07) is 1.80. The van der Waals surface area contributed by atoms with Gasteiger partial charge < -0.3 is 11.1 Å². The topological polar surface area (TPSA) is 72.9 Å². The number of carbonyl (C=O) groups is 1. The molecule has 1 aliphatic carbocycles. The molecule has 1 saturated carbocycles. The number of nitrogens with two attached hydrogens (primary N) is 1. The average Bonchev–Trinajstić information content (AvgIpc) is 2.88. The van der Waals surface area contributed by atoms with Crippen molar-refractivity contribution in [1.29, 1.82) is 0 Å². The minimum Gasteiger partial charge on any atom is -0.344 e. The first-order chi connectivity index (χ1) is 8.06. The van der Waals surface area contributed by atoms with Crippen LogP contribution in [0.25, 0.3) is 0 Å². The number of halogens is 1. The van der Waals surface area contributed by atoms with E-state index in [1.807, 2.05) is 14.0 Å². The Morgan fingerprint density at radius 3 is 2.61 bits per heavy atom. The van der Waals surface area contributed by atoms with Crippen molar-refractivity contribution in [2.24, 2.45) is 12.8 Å². The molecule has 5 nitrogen and oxygen atoms in total. The third kappa shape index (κ3) is 2.84. The molecule has 0 radical (unpaired) electrons. The first-order valence-electron chi connectivity index (χ1n) is 6.09. The molecule has 0 saturated heterocycles. The predicted octanol–water partition coefficient (Wildman–Crippen LogP) is 1.15. The maximum Gasteiger partial charge on any atom is 0.272 e. The molecular formula is C12H21ClN4O. The van der Waals surface area contributed by atoms with Crippen molar-refractivity contribution in [2.45, 2.75) is 38.1 Å². The summed E-state index contributed by atoms with van der Waals surface area (Å²) in [6.45, 7) is 2.43. The van der Waals surface area contributed by atoms with Crippen LogP contribution in [0.15, 0.2) is 6.07 Å². The lowest BCUT2D eigenvalue weighted by atomic mass is 9.97. The molecule has 1 aromatic rings. The van der Waals surface area contributed by atoms with E-state index in [1.165, 1.54) is 0 Å². The van der Waals surface area contributed by atoms with Crippen molar-refractivity contribution in [3.8, 4) is 0 Å². The van der Waals surface area contributed by atoms with Gasteiger partial charge in [0.2, 0.25) is 0 Å². The summed E-state index contributed by atoms with van der Waals surface area (Å²) in [7, 11) is 1.83. The number of aryl methyl sites for hydroxylation is 2. The van der Waals surface area contributed by atoms with Crippen LogP contribution < -0.4 is 11.1 Å². The highest BCUT2D eigenvalue weighted by Gasteiger charge is 2.34. The molecule has 0 bridgehead atoms. The van der Waals surface area contributed by atoms with Crippen LogP contribution in [0, 0.1) is 6.92 Å². The number of nitrogens with one attached hydrogen (secondary N) is 1. The Bertz CT molecular complexity index is 404. The third-order valence-corrected chi connectivity index (χ3v) is 3.68. The zero-order valence-corrected chi connectivity index (χ0v) is 11.7. The second-order valence-electron chi connectivity index (χ2n) is 4.94. The minimum absolute atomic E-state index is 0. The van der Waals surface area contributed by atoms with Gasteiger partial charge in [-0.3, -0.25) is 9.48 Å². The van der Waals surface area contributed by atoms with E-state index in [2.05, 4.69) is 10.4 Å². The van der Waals surface area contributed by atoms with Crippen molar-refractivity contribution >= 4 is 18.3 Å². The van der Waals surface area contributed by atoms with Crippen molar-refractivity contribution in [1.82, 2.24) is 15.1 Å². The van der Waals surface area contributed by atoms with Crippen LogP contribution in [0.3, 0.4) is 0 Å². The molecule has 0 unspecified atom stereocenters. The summed E-state index contributed by atoms with van der Waals surface area (Å²) in [6.07, 6.45) is 4.22. The highest BCUT2D eigenvalue weighted by atomic mass is 35.5.